The summed E-state index contributed by atoms with van der Waals surface area (Å²) in [6.45, 7) is 6.56. The number of aliphatic hydroxyl groups excluding tert-OH is 1. The standard InChI is InChI=1S/C24H30O5/c1-19(2)24(26)29-17-8-4-3-7-16-27-21-13-11-20(12-14-21)22-9-5-6-10-23(22)28-18-15-25/h5-6,9-14,25H,1,3-4,7-8,15-18H2,2H3. The van der Waals surface area contributed by atoms with E-state index in [1.807, 2.05) is 48.5 Å². The summed E-state index contributed by atoms with van der Waals surface area (Å²) in [6.07, 6.45) is 3.83. The van der Waals surface area contributed by atoms with Crippen LogP contribution in [0.15, 0.2) is 60.7 Å². The third kappa shape index (κ3) is 8.00. The van der Waals surface area contributed by atoms with E-state index in [1.54, 1.807) is 6.92 Å². The molecule has 2 rings (SSSR count). The molecule has 0 radical (unpaired) electrons. The van der Waals surface area contributed by atoms with Crippen molar-refractivity contribution in [3.63, 3.8) is 0 Å². The summed E-state index contributed by atoms with van der Waals surface area (Å²) < 4.78 is 16.5. The molecular formula is C24H30O5. The van der Waals surface area contributed by atoms with E-state index in [-0.39, 0.29) is 19.2 Å². The second-order valence-electron chi connectivity index (χ2n) is 6.77. The number of ether oxygens (including phenoxy) is 3. The first-order valence-electron chi connectivity index (χ1n) is 10.0. The van der Waals surface area contributed by atoms with Gasteiger partial charge in [0.25, 0.3) is 0 Å². The minimum atomic E-state index is -0.320. The van der Waals surface area contributed by atoms with E-state index >= 15 is 0 Å². The highest BCUT2D eigenvalue weighted by molar-refractivity contribution is 5.86. The first-order valence-corrected chi connectivity index (χ1v) is 10.0. The van der Waals surface area contributed by atoms with Crippen molar-refractivity contribution < 1.29 is 24.1 Å². The molecule has 0 aromatic heterocycles. The fourth-order valence-corrected chi connectivity index (χ4v) is 2.75. The van der Waals surface area contributed by atoms with Crippen LogP contribution >= 0.6 is 0 Å². The quantitative estimate of drug-likeness (QED) is 0.299. The van der Waals surface area contributed by atoms with E-state index in [0.717, 1.165) is 48.3 Å². The van der Waals surface area contributed by atoms with Gasteiger partial charge in [-0.15, -0.1) is 0 Å². The summed E-state index contributed by atoms with van der Waals surface area (Å²) in [5.41, 5.74) is 2.46. The average molecular weight is 398 g/mol. The highest BCUT2D eigenvalue weighted by Gasteiger charge is 2.06. The molecule has 0 aliphatic heterocycles. The minimum absolute atomic E-state index is 0.0131. The first-order chi connectivity index (χ1) is 14.1. The van der Waals surface area contributed by atoms with Gasteiger partial charge in [0.15, 0.2) is 0 Å². The minimum Gasteiger partial charge on any atom is -0.494 e. The van der Waals surface area contributed by atoms with E-state index in [2.05, 4.69) is 6.58 Å². The van der Waals surface area contributed by atoms with Crippen molar-refractivity contribution in [2.45, 2.75) is 32.6 Å². The van der Waals surface area contributed by atoms with Crippen LogP contribution in [0.3, 0.4) is 0 Å². The lowest BCUT2D eigenvalue weighted by Crippen LogP contribution is -2.06. The van der Waals surface area contributed by atoms with Gasteiger partial charge in [0.2, 0.25) is 0 Å². The van der Waals surface area contributed by atoms with Crippen molar-refractivity contribution in [1.29, 1.82) is 0 Å². The highest BCUT2D eigenvalue weighted by atomic mass is 16.5. The zero-order valence-corrected chi connectivity index (χ0v) is 17.1. The SMILES string of the molecule is C=C(C)C(=O)OCCCCCCOc1ccc(-c2ccccc2OCCO)cc1. The molecule has 0 aliphatic carbocycles. The maximum atomic E-state index is 11.3. The zero-order chi connectivity index (χ0) is 20.9. The van der Waals surface area contributed by atoms with Crippen LogP contribution in [0.2, 0.25) is 0 Å². The fourth-order valence-electron chi connectivity index (χ4n) is 2.75. The van der Waals surface area contributed by atoms with Crippen LogP contribution in [0.5, 0.6) is 11.5 Å². The van der Waals surface area contributed by atoms with Gasteiger partial charge >= 0.3 is 5.97 Å². The third-order valence-electron chi connectivity index (χ3n) is 4.29. The van der Waals surface area contributed by atoms with Crippen LogP contribution in [0, 0.1) is 0 Å². The van der Waals surface area contributed by atoms with Gasteiger partial charge in [-0.2, -0.15) is 0 Å². The molecule has 156 valence electrons. The maximum Gasteiger partial charge on any atom is 0.333 e. The molecule has 5 nitrogen and oxygen atoms in total. The maximum absolute atomic E-state index is 11.3. The number of hydrogen-bond acceptors (Lipinski definition) is 5. The van der Waals surface area contributed by atoms with Crippen molar-refractivity contribution in [3.05, 3.63) is 60.7 Å². The topological polar surface area (TPSA) is 65.0 Å². The lowest BCUT2D eigenvalue weighted by atomic mass is 10.0. The van der Waals surface area contributed by atoms with Crippen LogP contribution in [0.25, 0.3) is 11.1 Å². The monoisotopic (exact) mass is 398 g/mol. The number of esters is 1. The number of hydrogen-bond donors (Lipinski definition) is 1. The van der Waals surface area contributed by atoms with Crippen molar-refractivity contribution in [2.24, 2.45) is 0 Å². The molecule has 1 N–H and O–H groups in total. The van der Waals surface area contributed by atoms with Gasteiger partial charge in [-0.3, -0.25) is 0 Å². The van der Waals surface area contributed by atoms with Crippen molar-refractivity contribution >= 4 is 5.97 Å². The lowest BCUT2D eigenvalue weighted by Gasteiger charge is -2.12. The van der Waals surface area contributed by atoms with Crippen molar-refractivity contribution in [1.82, 2.24) is 0 Å². The molecule has 0 amide bonds. The van der Waals surface area contributed by atoms with E-state index < -0.39 is 0 Å². The van der Waals surface area contributed by atoms with Crippen LogP contribution in [0.4, 0.5) is 0 Å². The second kappa shape index (κ2) is 12.6. The number of benzene rings is 2. The van der Waals surface area contributed by atoms with Gasteiger partial charge < -0.3 is 19.3 Å². The van der Waals surface area contributed by atoms with Crippen molar-refractivity contribution in [3.8, 4) is 22.6 Å². The summed E-state index contributed by atoms with van der Waals surface area (Å²) in [6, 6.07) is 15.7. The summed E-state index contributed by atoms with van der Waals surface area (Å²) >= 11 is 0. The first kappa shape index (κ1) is 22.5. The van der Waals surface area contributed by atoms with E-state index in [9.17, 15) is 4.79 Å². The largest absolute Gasteiger partial charge is 0.494 e. The Labute approximate surface area is 172 Å². The molecule has 2 aromatic carbocycles. The van der Waals surface area contributed by atoms with Gasteiger partial charge in [-0.25, -0.2) is 4.79 Å². The Balaban J connectivity index is 1.70. The summed E-state index contributed by atoms with van der Waals surface area (Å²) in [4.78, 5) is 11.3. The van der Waals surface area contributed by atoms with Gasteiger partial charge in [0.05, 0.1) is 19.8 Å². The van der Waals surface area contributed by atoms with Gasteiger partial charge in [0.1, 0.15) is 18.1 Å². The smallest absolute Gasteiger partial charge is 0.333 e. The Morgan fingerprint density at radius 2 is 1.59 bits per heavy atom. The van der Waals surface area contributed by atoms with Gasteiger partial charge in [-0.1, -0.05) is 36.9 Å². The van der Waals surface area contributed by atoms with Gasteiger partial charge in [0, 0.05) is 11.1 Å². The Morgan fingerprint density at radius 1 is 0.897 bits per heavy atom. The number of carbonyl (C=O) groups excluding carboxylic acids is 1. The van der Waals surface area contributed by atoms with Crippen molar-refractivity contribution in [2.75, 3.05) is 26.4 Å². The summed E-state index contributed by atoms with van der Waals surface area (Å²) in [7, 11) is 0. The molecule has 0 aliphatic rings. The predicted molar refractivity (Wildman–Crippen MR) is 114 cm³/mol. The molecule has 0 unspecified atom stereocenters. The Kier molecular flexibility index (Phi) is 9.80. The molecule has 0 bridgehead atoms. The van der Waals surface area contributed by atoms with Crippen LogP contribution in [-0.4, -0.2) is 37.5 Å². The van der Waals surface area contributed by atoms with E-state index in [1.165, 1.54) is 0 Å². The number of rotatable bonds is 13. The molecule has 0 atom stereocenters. The molecule has 0 fully saturated rings. The molecule has 0 saturated carbocycles. The Morgan fingerprint density at radius 3 is 2.28 bits per heavy atom. The van der Waals surface area contributed by atoms with Crippen LogP contribution in [0.1, 0.15) is 32.6 Å². The number of aliphatic hydroxyl groups is 1. The third-order valence-corrected chi connectivity index (χ3v) is 4.29. The van der Waals surface area contributed by atoms with Crippen LogP contribution < -0.4 is 9.47 Å². The Hall–Kier alpha value is -2.79. The molecule has 0 heterocycles. The van der Waals surface area contributed by atoms with E-state index in [0.29, 0.717) is 18.8 Å². The second-order valence-corrected chi connectivity index (χ2v) is 6.77. The molecular weight excluding hydrogens is 368 g/mol. The molecule has 2 aromatic rings. The molecule has 5 heteroatoms. The number of carbonyl (C=O) groups is 1. The average Bonchev–Trinajstić information content (AvgIpc) is 2.74. The Bertz CT molecular complexity index is 767. The summed E-state index contributed by atoms with van der Waals surface area (Å²) in [5.74, 6) is 1.27. The zero-order valence-electron chi connectivity index (χ0n) is 17.1. The van der Waals surface area contributed by atoms with Gasteiger partial charge in [-0.05, 0) is 56.4 Å². The number of para-hydroxylation sites is 1. The molecule has 29 heavy (non-hydrogen) atoms. The fraction of sp³-hybridized carbons (Fsp3) is 0.375. The molecule has 0 saturated heterocycles. The normalized spacial score (nSPS) is 10.4. The highest BCUT2D eigenvalue weighted by Crippen LogP contribution is 2.31. The predicted octanol–water partition coefficient (Wildman–Crippen LogP) is 4.78. The van der Waals surface area contributed by atoms with Crippen LogP contribution in [-0.2, 0) is 9.53 Å². The lowest BCUT2D eigenvalue weighted by molar-refractivity contribution is -0.139. The summed E-state index contributed by atoms with van der Waals surface area (Å²) in [5, 5.41) is 8.97. The molecule has 0 spiro atoms. The number of unbranched alkanes of at least 4 members (excludes halogenated alkanes) is 3. The van der Waals surface area contributed by atoms with E-state index in [4.69, 9.17) is 19.3 Å².